The molecule has 0 amide bonds. The Kier molecular flexibility index (Phi) is 7.55. The highest BCUT2D eigenvalue weighted by Crippen LogP contribution is 2.29. The van der Waals surface area contributed by atoms with Crippen LogP contribution >= 0.6 is 0 Å². The number of pyridine rings is 1. The van der Waals surface area contributed by atoms with E-state index in [1.165, 1.54) is 57.3 Å². The second-order valence-corrected chi connectivity index (χ2v) is 8.57. The van der Waals surface area contributed by atoms with E-state index in [4.69, 9.17) is 4.74 Å². The van der Waals surface area contributed by atoms with Crippen LogP contribution in [0.25, 0.3) is 0 Å². The Morgan fingerprint density at radius 2 is 2.00 bits per heavy atom. The predicted octanol–water partition coefficient (Wildman–Crippen LogP) is 3.88. The van der Waals surface area contributed by atoms with Crippen molar-refractivity contribution in [2.75, 3.05) is 39.3 Å². The molecule has 2 heterocycles. The number of benzene rings is 1. The van der Waals surface area contributed by atoms with Crippen LogP contribution in [0, 0.1) is 5.92 Å². The summed E-state index contributed by atoms with van der Waals surface area (Å²) in [6, 6.07) is 12.9. The normalized spacial score (nSPS) is 19.2. The van der Waals surface area contributed by atoms with Crippen LogP contribution in [0.4, 0.5) is 0 Å². The van der Waals surface area contributed by atoms with E-state index in [2.05, 4.69) is 39.5 Å². The average Bonchev–Trinajstić information content (AvgIpc) is 3.27. The maximum Gasteiger partial charge on any atom is 0.119 e. The molecule has 4 nitrogen and oxygen atoms in total. The van der Waals surface area contributed by atoms with Crippen molar-refractivity contribution in [3.8, 4) is 5.75 Å². The lowest BCUT2D eigenvalue weighted by Crippen LogP contribution is -2.30. The van der Waals surface area contributed by atoms with Crippen molar-refractivity contribution in [1.82, 2.24) is 15.2 Å². The SMILES string of the molecule is c1ccc(CCNCCCOc2ccc3c(c2)CCC(CN2CCCC2)C3)nc1. The van der Waals surface area contributed by atoms with Crippen LogP contribution in [0.3, 0.4) is 0 Å². The minimum atomic E-state index is 0.771. The van der Waals surface area contributed by atoms with Gasteiger partial charge in [-0.3, -0.25) is 4.98 Å². The molecule has 2 aliphatic rings. The lowest BCUT2D eigenvalue weighted by atomic mass is 9.83. The monoisotopic (exact) mass is 393 g/mol. The molecular weight excluding hydrogens is 358 g/mol. The summed E-state index contributed by atoms with van der Waals surface area (Å²) in [5.74, 6) is 1.87. The Hall–Kier alpha value is -1.91. The van der Waals surface area contributed by atoms with Crippen LogP contribution in [-0.2, 0) is 19.3 Å². The van der Waals surface area contributed by atoms with Gasteiger partial charge in [0.15, 0.2) is 0 Å². The van der Waals surface area contributed by atoms with Gasteiger partial charge in [0, 0.05) is 31.4 Å². The summed E-state index contributed by atoms with van der Waals surface area (Å²) in [4.78, 5) is 7.01. The molecule has 1 fully saturated rings. The number of ether oxygens (including phenoxy) is 1. The molecule has 156 valence electrons. The Balaban J connectivity index is 1.13. The van der Waals surface area contributed by atoms with Gasteiger partial charge in [0.25, 0.3) is 0 Å². The predicted molar refractivity (Wildman–Crippen MR) is 119 cm³/mol. The van der Waals surface area contributed by atoms with E-state index < -0.39 is 0 Å². The van der Waals surface area contributed by atoms with Crippen molar-refractivity contribution < 1.29 is 4.74 Å². The number of aromatic nitrogens is 1. The van der Waals surface area contributed by atoms with Gasteiger partial charge in [-0.25, -0.2) is 0 Å². The summed E-state index contributed by atoms with van der Waals surface area (Å²) in [7, 11) is 0. The maximum atomic E-state index is 6.01. The quantitative estimate of drug-likeness (QED) is 0.622. The number of fused-ring (bicyclic) bond motifs is 1. The highest BCUT2D eigenvalue weighted by Gasteiger charge is 2.22. The van der Waals surface area contributed by atoms with Gasteiger partial charge in [0.1, 0.15) is 5.75 Å². The molecule has 29 heavy (non-hydrogen) atoms. The van der Waals surface area contributed by atoms with E-state index in [1.54, 1.807) is 5.56 Å². The molecule has 4 heteroatoms. The number of rotatable bonds is 10. The fourth-order valence-corrected chi connectivity index (χ4v) is 4.66. The van der Waals surface area contributed by atoms with Crippen molar-refractivity contribution in [2.45, 2.75) is 44.9 Å². The van der Waals surface area contributed by atoms with Gasteiger partial charge in [-0.05, 0) is 99.5 Å². The maximum absolute atomic E-state index is 6.01. The van der Waals surface area contributed by atoms with E-state index in [-0.39, 0.29) is 0 Å². The first-order chi connectivity index (χ1) is 14.4. The molecule has 0 bridgehead atoms. The first-order valence-corrected chi connectivity index (χ1v) is 11.4. The number of hydrogen-bond acceptors (Lipinski definition) is 4. The number of aryl methyl sites for hydroxylation is 1. The number of nitrogens with one attached hydrogen (secondary N) is 1. The van der Waals surface area contributed by atoms with Crippen molar-refractivity contribution in [3.05, 3.63) is 59.4 Å². The average molecular weight is 394 g/mol. The molecule has 1 saturated heterocycles. The molecule has 1 aromatic heterocycles. The summed E-state index contributed by atoms with van der Waals surface area (Å²) in [5, 5.41) is 3.48. The van der Waals surface area contributed by atoms with Crippen molar-refractivity contribution in [3.63, 3.8) is 0 Å². The zero-order valence-electron chi connectivity index (χ0n) is 17.6. The van der Waals surface area contributed by atoms with E-state index in [9.17, 15) is 0 Å². The van der Waals surface area contributed by atoms with E-state index in [0.29, 0.717) is 0 Å². The molecule has 1 atom stereocenters. The molecule has 1 aliphatic heterocycles. The largest absolute Gasteiger partial charge is 0.494 e. The van der Waals surface area contributed by atoms with E-state index in [0.717, 1.165) is 49.9 Å². The third-order valence-electron chi connectivity index (χ3n) is 6.27. The van der Waals surface area contributed by atoms with Crippen LogP contribution in [-0.4, -0.2) is 49.2 Å². The highest BCUT2D eigenvalue weighted by atomic mass is 16.5. The molecule has 0 saturated carbocycles. The summed E-state index contributed by atoms with van der Waals surface area (Å²) < 4.78 is 6.01. The molecule has 0 spiro atoms. The fourth-order valence-electron chi connectivity index (χ4n) is 4.66. The van der Waals surface area contributed by atoms with E-state index in [1.807, 2.05) is 18.3 Å². The highest BCUT2D eigenvalue weighted by molar-refractivity contribution is 5.37. The standard InChI is InChI=1S/C25H35N3O/c1-2-13-27-24(6-1)11-14-26-12-5-17-29-25-10-9-22-18-21(7-8-23(22)19-25)20-28-15-3-4-16-28/h1-2,6,9-10,13,19,21,26H,3-5,7-8,11-12,14-18,20H2. The van der Waals surface area contributed by atoms with Crippen LogP contribution in [0.15, 0.2) is 42.6 Å². The first-order valence-electron chi connectivity index (χ1n) is 11.4. The summed E-state index contributed by atoms with van der Waals surface area (Å²) >= 11 is 0. The Labute approximate surface area is 175 Å². The zero-order chi connectivity index (χ0) is 19.7. The van der Waals surface area contributed by atoms with Crippen molar-refractivity contribution >= 4 is 0 Å². The Morgan fingerprint density at radius 3 is 2.86 bits per heavy atom. The number of nitrogens with zero attached hydrogens (tertiary/aromatic N) is 2. The lowest BCUT2D eigenvalue weighted by Gasteiger charge is -2.28. The second kappa shape index (κ2) is 10.7. The molecule has 1 N–H and O–H groups in total. The second-order valence-electron chi connectivity index (χ2n) is 8.57. The van der Waals surface area contributed by atoms with Gasteiger partial charge in [0.05, 0.1) is 6.61 Å². The number of hydrogen-bond donors (Lipinski definition) is 1. The third kappa shape index (κ3) is 6.28. The first kappa shape index (κ1) is 20.4. The van der Waals surface area contributed by atoms with Gasteiger partial charge in [-0.15, -0.1) is 0 Å². The number of likely N-dealkylation sites (tertiary alicyclic amines) is 1. The molecular formula is C25H35N3O. The molecule has 0 radical (unpaired) electrons. The summed E-state index contributed by atoms with van der Waals surface area (Å²) in [6.07, 6.45) is 10.4. The topological polar surface area (TPSA) is 37.4 Å². The van der Waals surface area contributed by atoms with Crippen molar-refractivity contribution in [1.29, 1.82) is 0 Å². The third-order valence-corrected chi connectivity index (χ3v) is 6.27. The van der Waals surface area contributed by atoms with Gasteiger partial charge in [-0.1, -0.05) is 12.1 Å². The van der Waals surface area contributed by atoms with Crippen LogP contribution < -0.4 is 10.1 Å². The van der Waals surface area contributed by atoms with Crippen LogP contribution in [0.2, 0.25) is 0 Å². The molecule has 4 rings (SSSR count). The summed E-state index contributed by atoms with van der Waals surface area (Å²) in [5.41, 5.74) is 4.20. The fraction of sp³-hybridized carbons (Fsp3) is 0.560. The van der Waals surface area contributed by atoms with Crippen LogP contribution in [0.1, 0.15) is 42.5 Å². The van der Waals surface area contributed by atoms with Gasteiger partial charge >= 0.3 is 0 Å². The van der Waals surface area contributed by atoms with Crippen LogP contribution in [0.5, 0.6) is 5.75 Å². The van der Waals surface area contributed by atoms with E-state index >= 15 is 0 Å². The zero-order valence-corrected chi connectivity index (χ0v) is 17.6. The molecule has 1 aliphatic carbocycles. The van der Waals surface area contributed by atoms with Gasteiger partial charge in [0.2, 0.25) is 0 Å². The molecule has 2 aromatic rings. The van der Waals surface area contributed by atoms with Gasteiger partial charge in [-0.2, -0.15) is 0 Å². The minimum Gasteiger partial charge on any atom is -0.494 e. The minimum absolute atomic E-state index is 0.771. The molecule has 1 aromatic carbocycles. The smallest absolute Gasteiger partial charge is 0.119 e. The molecule has 1 unspecified atom stereocenters. The lowest BCUT2D eigenvalue weighted by molar-refractivity contribution is 0.261. The Bertz CT molecular complexity index is 743. The Morgan fingerprint density at radius 1 is 1.07 bits per heavy atom. The van der Waals surface area contributed by atoms with Gasteiger partial charge < -0.3 is 15.0 Å². The van der Waals surface area contributed by atoms with Crippen molar-refractivity contribution in [2.24, 2.45) is 5.92 Å². The summed E-state index contributed by atoms with van der Waals surface area (Å²) in [6.45, 7) is 6.64.